The molecule has 2 aliphatic heterocycles. The third-order valence-corrected chi connectivity index (χ3v) is 6.82. The predicted octanol–water partition coefficient (Wildman–Crippen LogP) is 3.21. The van der Waals surface area contributed by atoms with E-state index in [4.69, 9.17) is 0 Å². The minimum absolute atomic E-state index is 0.192. The molecule has 0 bridgehead atoms. The van der Waals surface area contributed by atoms with E-state index in [2.05, 4.69) is 45.7 Å². The number of allylic oxidation sites excluding steroid dienone is 6. The molecule has 0 saturated carbocycles. The number of fused-ring (bicyclic) bond motifs is 1. The van der Waals surface area contributed by atoms with Gasteiger partial charge >= 0.3 is 5.69 Å². The number of hydrazone groups is 1. The normalized spacial score (nSPS) is 24.1. The second kappa shape index (κ2) is 8.67. The first-order chi connectivity index (χ1) is 16.5. The standard InChI is InChI=1S/C26H26N7O/c1-4-21-13-18(19-15-28-33(16-19)22-8-6-5-7-17(22)2)11-12-32(21)25-24-23(31(3)26(34)30-25)10-9-20(14-27)29-24/h5-10,15-16,18,21H,2,4,11-13H2,1,3H3/q+1/b33-22-. The van der Waals surface area contributed by atoms with E-state index < -0.39 is 0 Å². The van der Waals surface area contributed by atoms with Gasteiger partial charge in [-0.05, 0) is 48.5 Å². The lowest BCUT2D eigenvalue weighted by Crippen LogP contribution is -2.44. The third kappa shape index (κ3) is 3.69. The summed E-state index contributed by atoms with van der Waals surface area (Å²) in [6.07, 6.45) is 14.7. The highest BCUT2D eigenvalue weighted by Crippen LogP contribution is 2.35. The fraction of sp³-hybridized carbons (Fsp3) is 0.308. The first-order valence-electron chi connectivity index (χ1n) is 11.5. The Hall–Kier alpha value is -4.12. The van der Waals surface area contributed by atoms with Gasteiger partial charge in [-0.15, -0.1) is 0 Å². The maximum atomic E-state index is 12.6. The summed E-state index contributed by atoms with van der Waals surface area (Å²) in [7, 11) is 1.68. The lowest BCUT2D eigenvalue weighted by atomic mass is 9.85. The Morgan fingerprint density at radius 2 is 2.09 bits per heavy atom. The first kappa shape index (κ1) is 21.7. The summed E-state index contributed by atoms with van der Waals surface area (Å²) in [6.45, 7) is 7.01. The second-order valence-corrected chi connectivity index (χ2v) is 8.78. The van der Waals surface area contributed by atoms with Crippen LogP contribution in [0.5, 0.6) is 0 Å². The highest BCUT2D eigenvalue weighted by molar-refractivity contribution is 6.08. The Kier molecular flexibility index (Phi) is 5.54. The second-order valence-electron chi connectivity index (χ2n) is 8.78. The molecule has 8 heteroatoms. The van der Waals surface area contributed by atoms with E-state index >= 15 is 0 Å². The molecular formula is C26H26N7O+. The van der Waals surface area contributed by atoms with Gasteiger partial charge in [-0.1, -0.05) is 30.3 Å². The van der Waals surface area contributed by atoms with Crippen molar-refractivity contribution in [2.75, 3.05) is 11.4 Å². The monoisotopic (exact) mass is 452 g/mol. The van der Waals surface area contributed by atoms with Crippen molar-refractivity contribution in [1.29, 1.82) is 5.26 Å². The van der Waals surface area contributed by atoms with Gasteiger partial charge in [0, 0.05) is 36.9 Å². The maximum Gasteiger partial charge on any atom is 0.349 e. The average Bonchev–Trinajstić information content (AvgIpc) is 3.36. The van der Waals surface area contributed by atoms with Gasteiger partial charge in [-0.2, -0.15) is 10.2 Å². The summed E-state index contributed by atoms with van der Waals surface area (Å²) >= 11 is 0. The topological polar surface area (TPSA) is 90.2 Å². The number of aryl methyl sites for hydroxylation is 1. The molecule has 0 radical (unpaired) electrons. The number of piperidine rings is 1. The summed E-state index contributed by atoms with van der Waals surface area (Å²) in [5.74, 6) is 0.926. The van der Waals surface area contributed by atoms with Crippen molar-refractivity contribution >= 4 is 28.8 Å². The largest absolute Gasteiger partial charge is 0.352 e. The molecule has 2 unspecified atom stereocenters. The summed E-state index contributed by atoms with van der Waals surface area (Å²) in [5, 5.41) is 14.0. The zero-order valence-corrected chi connectivity index (χ0v) is 19.3. The lowest BCUT2D eigenvalue weighted by molar-refractivity contribution is -0.456. The smallest absolute Gasteiger partial charge is 0.349 e. The van der Waals surface area contributed by atoms with Crippen LogP contribution in [0.2, 0.25) is 0 Å². The molecule has 4 heterocycles. The van der Waals surface area contributed by atoms with Gasteiger partial charge in [0.1, 0.15) is 23.5 Å². The highest BCUT2D eigenvalue weighted by Gasteiger charge is 2.34. The number of hydrogen-bond acceptors (Lipinski definition) is 6. The third-order valence-electron chi connectivity index (χ3n) is 6.82. The summed E-state index contributed by atoms with van der Waals surface area (Å²) in [4.78, 5) is 23.7. The minimum atomic E-state index is -0.320. The Morgan fingerprint density at radius 3 is 2.85 bits per heavy atom. The van der Waals surface area contributed by atoms with Crippen molar-refractivity contribution < 1.29 is 4.68 Å². The number of nitrogens with zero attached hydrogens (tertiary/aromatic N) is 7. The minimum Gasteiger partial charge on any atom is -0.352 e. The van der Waals surface area contributed by atoms with Crippen LogP contribution in [0.25, 0.3) is 11.0 Å². The van der Waals surface area contributed by atoms with Gasteiger partial charge in [0.05, 0.1) is 5.52 Å². The molecule has 2 atom stereocenters. The molecule has 1 saturated heterocycles. The summed E-state index contributed by atoms with van der Waals surface area (Å²) in [5.41, 5.74) is 4.39. The molecule has 170 valence electrons. The van der Waals surface area contributed by atoms with E-state index in [1.54, 1.807) is 19.2 Å². The van der Waals surface area contributed by atoms with Crippen molar-refractivity contribution in [2.45, 2.75) is 32.2 Å². The van der Waals surface area contributed by atoms with Crippen LogP contribution in [0.15, 0.2) is 70.3 Å². The van der Waals surface area contributed by atoms with Gasteiger partial charge in [0.25, 0.3) is 0 Å². The van der Waals surface area contributed by atoms with Crippen LogP contribution in [0.4, 0.5) is 5.82 Å². The summed E-state index contributed by atoms with van der Waals surface area (Å²) < 4.78 is 3.38. The van der Waals surface area contributed by atoms with Crippen LogP contribution >= 0.6 is 0 Å². The molecule has 8 nitrogen and oxygen atoms in total. The number of rotatable bonds is 3. The highest BCUT2D eigenvalue weighted by atomic mass is 16.1. The molecule has 0 spiro atoms. The van der Waals surface area contributed by atoms with E-state index in [1.807, 2.05) is 35.2 Å². The Morgan fingerprint density at radius 1 is 1.26 bits per heavy atom. The van der Waals surface area contributed by atoms with Crippen molar-refractivity contribution in [3.63, 3.8) is 0 Å². The van der Waals surface area contributed by atoms with Crippen LogP contribution in [0, 0.1) is 17.2 Å². The molecule has 5 rings (SSSR count). The average molecular weight is 453 g/mol. The zero-order valence-electron chi connectivity index (χ0n) is 19.3. The number of pyridine rings is 1. The van der Waals surface area contributed by atoms with E-state index in [1.165, 1.54) is 10.1 Å². The predicted molar refractivity (Wildman–Crippen MR) is 133 cm³/mol. The lowest BCUT2D eigenvalue weighted by Gasteiger charge is -2.40. The van der Waals surface area contributed by atoms with Gasteiger partial charge in [0.15, 0.2) is 5.82 Å². The SMILES string of the molecule is C=C1C=CC=C/C1=[N+]1\C=C(C2CCN(c3nc(=O)n(C)c4ccc(C#N)nc34)C(CC)C2)C=N1. The van der Waals surface area contributed by atoms with Crippen LogP contribution < -0.4 is 10.6 Å². The zero-order chi connectivity index (χ0) is 23.8. The van der Waals surface area contributed by atoms with Crippen LogP contribution in [0.3, 0.4) is 0 Å². The van der Waals surface area contributed by atoms with E-state index in [9.17, 15) is 10.1 Å². The van der Waals surface area contributed by atoms with E-state index in [-0.39, 0.29) is 11.7 Å². The van der Waals surface area contributed by atoms with Crippen LogP contribution in [0.1, 0.15) is 31.9 Å². The molecule has 1 aliphatic carbocycles. The maximum absolute atomic E-state index is 12.6. The molecule has 2 aromatic heterocycles. The fourth-order valence-corrected chi connectivity index (χ4v) is 4.90. The van der Waals surface area contributed by atoms with Gasteiger partial charge < -0.3 is 4.90 Å². The van der Waals surface area contributed by atoms with E-state index in [0.29, 0.717) is 28.5 Å². The molecule has 3 aliphatic rings. The molecular weight excluding hydrogens is 426 g/mol. The van der Waals surface area contributed by atoms with Gasteiger partial charge in [-0.3, -0.25) is 4.57 Å². The summed E-state index contributed by atoms with van der Waals surface area (Å²) in [6, 6.07) is 5.70. The van der Waals surface area contributed by atoms with Gasteiger partial charge in [-0.25, -0.2) is 9.78 Å². The molecule has 1 fully saturated rings. The number of anilines is 1. The quantitative estimate of drug-likeness (QED) is 0.667. The van der Waals surface area contributed by atoms with Crippen LogP contribution in [-0.4, -0.2) is 43.7 Å². The molecule has 0 aromatic carbocycles. The molecule has 0 amide bonds. The Balaban J connectivity index is 1.46. The number of hydrogen-bond donors (Lipinski definition) is 0. The van der Waals surface area contributed by atoms with Crippen molar-refractivity contribution in [3.05, 3.63) is 76.5 Å². The number of nitriles is 1. The Bertz CT molecular complexity index is 1450. The fourth-order valence-electron chi connectivity index (χ4n) is 4.90. The molecule has 0 N–H and O–H groups in total. The van der Waals surface area contributed by atoms with Crippen LogP contribution in [-0.2, 0) is 7.05 Å². The van der Waals surface area contributed by atoms with Crippen molar-refractivity contribution in [3.8, 4) is 6.07 Å². The van der Waals surface area contributed by atoms with Gasteiger partial charge in [0.2, 0.25) is 11.9 Å². The van der Waals surface area contributed by atoms with Crippen molar-refractivity contribution in [1.82, 2.24) is 14.5 Å². The Labute approximate surface area is 197 Å². The van der Waals surface area contributed by atoms with Crippen molar-refractivity contribution in [2.24, 2.45) is 18.1 Å². The number of aromatic nitrogens is 3. The van der Waals surface area contributed by atoms with E-state index in [0.717, 1.165) is 37.1 Å². The molecule has 34 heavy (non-hydrogen) atoms. The first-order valence-corrected chi connectivity index (χ1v) is 11.5. The molecule has 2 aromatic rings.